The highest BCUT2D eigenvalue weighted by Gasteiger charge is 2.43. The molecule has 2 aromatic heterocycles. The van der Waals surface area contributed by atoms with E-state index in [1.54, 1.807) is 23.7 Å². The fourth-order valence-electron chi connectivity index (χ4n) is 3.66. The van der Waals surface area contributed by atoms with Crippen LogP contribution in [0.25, 0.3) is 0 Å². The van der Waals surface area contributed by atoms with Crippen molar-refractivity contribution >= 4 is 28.9 Å². The summed E-state index contributed by atoms with van der Waals surface area (Å²) in [7, 11) is 0. The third-order valence-electron chi connectivity index (χ3n) is 4.98. The third-order valence-corrected chi connectivity index (χ3v) is 5.80. The molecule has 2 aromatic rings. The van der Waals surface area contributed by atoms with E-state index in [4.69, 9.17) is 9.90 Å². The smallest absolute Gasteiger partial charge is 0.475 e. The van der Waals surface area contributed by atoms with Crippen molar-refractivity contribution in [1.82, 2.24) is 19.9 Å². The molecule has 8 nitrogen and oxygen atoms in total. The summed E-state index contributed by atoms with van der Waals surface area (Å²) in [6.07, 6.45) is 0.887. The van der Waals surface area contributed by atoms with Crippen LogP contribution in [0.2, 0.25) is 0 Å². The molecular weight excluding hydrogens is 423 g/mol. The molecule has 0 saturated carbocycles. The van der Waals surface area contributed by atoms with Gasteiger partial charge in [-0.2, -0.15) is 13.2 Å². The minimum absolute atomic E-state index is 0.0867. The molecule has 0 unspecified atom stereocenters. The zero-order valence-electron chi connectivity index (χ0n) is 16.0. The lowest BCUT2D eigenvalue weighted by molar-refractivity contribution is -0.192. The van der Waals surface area contributed by atoms with Gasteiger partial charge in [0.1, 0.15) is 6.33 Å². The maximum Gasteiger partial charge on any atom is 0.490 e. The number of likely N-dealkylation sites (tertiary alicyclic amines) is 1. The van der Waals surface area contributed by atoms with Crippen molar-refractivity contribution in [3.8, 4) is 0 Å². The highest BCUT2D eigenvalue weighted by atomic mass is 32.1. The van der Waals surface area contributed by atoms with E-state index in [0.717, 1.165) is 49.0 Å². The molecule has 2 aliphatic heterocycles. The van der Waals surface area contributed by atoms with Crippen LogP contribution in [0.3, 0.4) is 0 Å². The Labute approximate surface area is 174 Å². The molecule has 0 radical (unpaired) electrons. The summed E-state index contributed by atoms with van der Waals surface area (Å²) in [6.45, 7) is 5.45. The van der Waals surface area contributed by atoms with Crippen molar-refractivity contribution in [2.75, 3.05) is 24.5 Å². The number of thiazole rings is 1. The number of carbonyl (C=O) groups excluding carboxylic acids is 1. The number of piperidine rings is 1. The van der Waals surface area contributed by atoms with E-state index in [2.05, 4.69) is 25.2 Å². The van der Waals surface area contributed by atoms with Gasteiger partial charge in [0.2, 0.25) is 5.91 Å². The van der Waals surface area contributed by atoms with Crippen LogP contribution in [-0.2, 0) is 16.1 Å². The number of aliphatic carboxylic acids is 1. The molecule has 4 rings (SSSR count). The second kappa shape index (κ2) is 9.04. The second-order valence-electron chi connectivity index (χ2n) is 7.10. The standard InChI is InChI=1S/C16H19N5OS.C2HF3O2/c1-11-19-13(9-23-11)7-20-6-12-2-3-21(16(22)15(12)8-20)14-4-17-10-18-5-14;3-2(4,5)1(6)7/h4-5,9-10,12,15H,2-3,6-8H2,1H3;(H,6,7)/t12-,15-;/m0./s1. The monoisotopic (exact) mass is 443 g/mol. The molecule has 0 bridgehead atoms. The molecule has 0 aliphatic carbocycles. The van der Waals surface area contributed by atoms with Gasteiger partial charge in [0.15, 0.2) is 0 Å². The minimum atomic E-state index is -5.08. The molecule has 0 spiro atoms. The van der Waals surface area contributed by atoms with Crippen molar-refractivity contribution < 1.29 is 27.9 Å². The molecule has 12 heteroatoms. The Morgan fingerprint density at radius 1 is 1.30 bits per heavy atom. The summed E-state index contributed by atoms with van der Waals surface area (Å²) in [5.41, 5.74) is 1.93. The van der Waals surface area contributed by atoms with Gasteiger partial charge in [-0.1, -0.05) is 0 Å². The summed E-state index contributed by atoms with van der Waals surface area (Å²) in [6, 6.07) is 0. The number of rotatable bonds is 3. The normalized spacial score (nSPS) is 21.7. The van der Waals surface area contributed by atoms with Gasteiger partial charge in [0.05, 0.1) is 34.7 Å². The van der Waals surface area contributed by atoms with Crippen LogP contribution in [0.15, 0.2) is 24.1 Å². The van der Waals surface area contributed by atoms with Crippen LogP contribution in [-0.4, -0.2) is 62.6 Å². The van der Waals surface area contributed by atoms with E-state index in [-0.39, 0.29) is 11.8 Å². The lowest BCUT2D eigenvalue weighted by Crippen LogP contribution is -2.45. The molecule has 2 aliphatic rings. The molecule has 30 heavy (non-hydrogen) atoms. The van der Waals surface area contributed by atoms with Crippen molar-refractivity contribution in [1.29, 1.82) is 0 Å². The number of anilines is 1. The van der Waals surface area contributed by atoms with Gasteiger partial charge in [-0.05, 0) is 19.3 Å². The first-order valence-corrected chi connectivity index (χ1v) is 10.0. The van der Waals surface area contributed by atoms with Gasteiger partial charge in [-0.25, -0.2) is 19.7 Å². The Hall–Kier alpha value is -2.60. The first kappa shape index (κ1) is 22.1. The summed E-state index contributed by atoms with van der Waals surface area (Å²) in [4.78, 5) is 38.5. The lowest BCUT2D eigenvalue weighted by Gasteiger charge is -2.33. The molecule has 2 atom stereocenters. The predicted molar refractivity (Wildman–Crippen MR) is 102 cm³/mol. The highest BCUT2D eigenvalue weighted by molar-refractivity contribution is 7.09. The zero-order chi connectivity index (χ0) is 21.9. The maximum atomic E-state index is 12.8. The Kier molecular flexibility index (Phi) is 6.66. The number of hydrogen-bond acceptors (Lipinski definition) is 7. The fraction of sp³-hybridized carbons (Fsp3) is 0.500. The molecule has 0 aromatic carbocycles. The van der Waals surface area contributed by atoms with Crippen LogP contribution < -0.4 is 4.90 Å². The van der Waals surface area contributed by atoms with Crippen LogP contribution in [0.4, 0.5) is 18.9 Å². The van der Waals surface area contributed by atoms with E-state index in [1.165, 1.54) is 6.33 Å². The number of amides is 1. The Balaban J connectivity index is 0.000000318. The number of fused-ring (bicyclic) bond motifs is 1. The van der Waals surface area contributed by atoms with Crippen molar-refractivity contribution in [3.63, 3.8) is 0 Å². The lowest BCUT2D eigenvalue weighted by atomic mass is 9.88. The van der Waals surface area contributed by atoms with E-state index >= 15 is 0 Å². The Bertz CT molecular complexity index is 893. The van der Waals surface area contributed by atoms with Crippen LogP contribution in [0.5, 0.6) is 0 Å². The number of carbonyl (C=O) groups is 2. The van der Waals surface area contributed by atoms with Crippen LogP contribution in [0.1, 0.15) is 17.1 Å². The van der Waals surface area contributed by atoms with Crippen molar-refractivity contribution in [3.05, 3.63) is 34.8 Å². The SMILES string of the molecule is Cc1nc(CN2C[C@@H]3CCN(c4cncnc4)C(=O)[C@H]3C2)cs1.O=C(O)C(F)(F)F. The average molecular weight is 443 g/mol. The topological polar surface area (TPSA) is 99.5 Å². The number of carboxylic acid groups (broad SMARTS) is 1. The highest BCUT2D eigenvalue weighted by Crippen LogP contribution is 2.34. The molecule has 2 saturated heterocycles. The van der Waals surface area contributed by atoms with E-state index in [0.29, 0.717) is 5.92 Å². The number of carboxylic acids is 1. The second-order valence-corrected chi connectivity index (χ2v) is 8.16. The predicted octanol–water partition coefficient (Wildman–Crippen LogP) is 2.36. The van der Waals surface area contributed by atoms with Gasteiger partial charge in [0.25, 0.3) is 0 Å². The molecule has 1 amide bonds. The minimum Gasteiger partial charge on any atom is -0.475 e. The number of aryl methyl sites for hydroxylation is 1. The van der Waals surface area contributed by atoms with Gasteiger partial charge >= 0.3 is 12.1 Å². The number of hydrogen-bond donors (Lipinski definition) is 1. The maximum absolute atomic E-state index is 12.8. The first-order valence-electron chi connectivity index (χ1n) is 9.15. The number of aromatic nitrogens is 3. The van der Waals surface area contributed by atoms with Crippen LogP contribution >= 0.6 is 11.3 Å². The summed E-state index contributed by atoms with van der Waals surface area (Å²) < 4.78 is 31.7. The number of alkyl halides is 3. The first-order chi connectivity index (χ1) is 14.1. The van der Waals surface area contributed by atoms with Gasteiger partial charge in [-0.3, -0.25) is 9.69 Å². The van der Waals surface area contributed by atoms with E-state index < -0.39 is 12.1 Å². The van der Waals surface area contributed by atoms with E-state index in [9.17, 15) is 18.0 Å². The zero-order valence-corrected chi connectivity index (χ0v) is 16.9. The number of nitrogens with zero attached hydrogens (tertiary/aromatic N) is 5. The fourth-order valence-corrected chi connectivity index (χ4v) is 4.27. The van der Waals surface area contributed by atoms with Gasteiger partial charge in [-0.15, -0.1) is 11.3 Å². The molecule has 2 fully saturated rings. The summed E-state index contributed by atoms with van der Waals surface area (Å²) >= 11 is 1.68. The van der Waals surface area contributed by atoms with Crippen molar-refractivity contribution in [2.24, 2.45) is 11.8 Å². The van der Waals surface area contributed by atoms with Gasteiger partial charge in [0, 0.05) is 31.6 Å². The van der Waals surface area contributed by atoms with Crippen LogP contribution in [0, 0.1) is 18.8 Å². The molecule has 162 valence electrons. The number of halogens is 3. The quantitative estimate of drug-likeness (QED) is 0.777. The van der Waals surface area contributed by atoms with Gasteiger partial charge < -0.3 is 10.0 Å². The Morgan fingerprint density at radius 2 is 1.97 bits per heavy atom. The Morgan fingerprint density at radius 3 is 2.53 bits per heavy atom. The molecule has 1 N–H and O–H groups in total. The molecular formula is C18H20F3N5O3S. The third kappa shape index (κ3) is 5.30. The summed E-state index contributed by atoms with van der Waals surface area (Å²) in [5, 5.41) is 10.3. The van der Waals surface area contributed by atoms with E-state index in [1.807, 2.05) is 11.8 Å². The summed E-state index contributed by atoms with van der Waals surface area (Å²) in [5.74, 6) is -1.99. The van der Waals surface area contributed by atoms with Crippen molar-refractivity contribution in [2.45, 2.75) is 26.1 Å². The largest absolute Gasteiger partial charge is 0.490 e. The average Bonchev–Trinajstić information content (AvgIpc) is 3.29. The molecule has 4 heterocycles.